The van der Waals surface area contributed by atoms with E-state index < -0.39 is 10.0 Å². The fraction of sp³-hybridized carbons (Fsp3) is 0.455. The van der Waals surface area contributed by atoms with Crippen molar-refractivity contribution >= 4 is 21.4 Å². The van der Waals surface area contributed by atoms with Gasteiger partial charge in [-0.15, -0.1) is 21.5 Å². The van der Waals surface area contributed by atoms with E-state index in [0.717, 1.165) is 17.8 Å². The molecule has 20 heavy (non-hydrogen) atoms. The topological polar surface area (TPSA) is 88.9 Å². The van der Waals surface area contributed by atoms with E-state index in [-0.39, 0.29) is 6.54 Å². The Balaban J connectivity index is 2.03. The molecule has 0 unspecified atom stereocenters. The molecule has 0 aliphatic heterocycles. The number of thiophene rings is 1. The first-order valence-corrected chi connectivity index (χ1v) is 8.39. The van der Waals surface area contributed by atoms with Crippen LogP contribution in [0.15, 0.2) is 22.7 Å². The van der Waals surface area contributed by atoms with Crippen molar-refractivity contribution in [3.05, 3.63) is 29.2 Å². The first-order valence-electron chi connectivity index (χ1n) is 6.09. The zero-order valence-corrected chi connectivity index (χ0v) is 13.0. The van der Waals surface area contributed by atoms with Crippen LogP contribution < -0.4 is 10.0 Å². The Morgan fingerprint density at radius 1 is 1.40 bits per heavy atom. The van der Waals surface area contributed by atoms with Crippen LogP contribution in [0.5, 0.6) is 0 Å². The fourth-order valence-electron chi connectivity index (χ4n) is 1.58. The summed E-state index contributed by atoms with van der Waals surface area (Å²) in [6, 6.07) is 3.48. The van der Waals surface area contributed by atoms with Gasteiger partial charge < -0.3 is 9.88 Å². The molecule has 0 saturated carbocycles. The van der Waals surface area contributed by atoms with Gasteiger partial charge in [0.25, 0.3) is 0 Å². The van der Waals surface area contributed by atoms with Crippen molar-refractivity contribution in [3.8, 4) is 0 Å². The fourth-order valence-corrected chi connectivity index (χ4v) is 3.96. The average Bonchev–Trinajstić information content (AvgIpc) is 3.03. The van der Waals surface area contributed by atoms with E-state index in [1.165, 1.54) is 17.7 Å². The second-order valence-electron chi connectivity index (χ2n) is 4.26. The molecule has 0 aliphatic rings. The summed E-state index contributed by atoms with van der Waals surface area (Å²) in [5, 5.41) is 10.6. The smallest absolute Gasteiger partial charge is 0.250 e. The van der Waals surface area contributed by atoms with Gasteiger partial charge in [-0.2, -0.15) is 0 Å². The van der Waals surface area contributed by atoms with Crippen molar-refractivity contribution in [3.63, 3.8) is 0 Å². The first-order chi connectivity index (χ1) is 9.53. The molecule has 0 radical (unpaired) electrons. The zero-order valence-electron chi connectivity index (χ0n) is 11.3. The van der Waals surface area contributed by atoms with Gasteiger partial charge in [-0.25, -0.2) is 13.1 Å². The van der Waals surface area contributed by atoms with Crippen molar-refractivity contribution in [2.75, 3.05) is 13.6 Å². The van der Waals surface area contributed by atoms with Gasteiger partial charge in [0, 0.05) is 11.9 Å². The summed E-state index contributed by atoms with van der Waals surface area (Å²) >= 11 is 1.29. The predicted octanol–water partition coefficient (Wildman–Crippen LogP) is 0.117. The highest BCUT2D eigenvalue weighted by Gasteiger charge is 2.17. The molecule has 2 heterocycles. The minimum atomic E-state index is -3.49. The molecule has 7 nitrogen and oxygen atoms in total. The van der Waals surface area contributed by atoms with Gasteiger partial charge in [0.1, 0.15) is 16.4 Å². The summed E-state index contributed by atoms with van der Waals surface area (Å²) in [5.41, 5.74) is 0. The molecule has 9 heteroatoms. The summed E-state index contributed by atoms with van der Waals surface area (Å²) in [6.07, 6.45) is 2.35. The molecule has 2 aromatic heterocycles. The molecule has 0 fully saturated rings. The number of nitrogens with zero attached hydrogens (tertiary/aromatic N) is 3. The van der Waals surface area contributed by atoms with E-state index in [4.69, 9.17) is 0 Å². The van der Waals surface area contributed by atoms with Crippen LogP contribution in [0.2, 0.25) is 0 Å². The zero-order chi connectivity index (χ0) is 14.6. The Hall–Kier alpha value is -1.29. The quantitative estimate of drug-likeness (QED) is 0.757. The highest BCUT2D eigenvalue weighted by Crippen LogP contribution is 2.21. The Labute approximate surface area is 122 Å². The second-order valence-corrected chi connectivity index (χ2v) is 7.42. The molecule has 0 bridgehead atoms. The number of rotatable bonds is 7. The highest BCUT2D eigenvalue weighted by molar-refractivity contribution is 7.91. The van der Waals surface area contributed by atoms with E-state index in [0.29, 0.717) is 10.0 Å². The molecule has 0 amide bonds. The SMILES string of the molecule is CNCCc1ccc(S(=O)(=O)NCc2nncn2C)s1. The third-order valence-corrected chi connectivity index (χ3v) is 5.79. The molecular formula is C11H17N5O2S2. The van der Waals surface area contributed by atoms with Gasteiger partial charge in [0.15, 0.2) is 0 Å². The molecule has 0 spiro atoms. The minimum absolute atomic E-state index is 0.128. The number of hydrogen-bond acceptors (Lipinski definition) is 6. The maximum Gasteiger partial charge on any atom is 0.250 e. The third-order valence-electron chi connectivity index (χ3n) is 2.75. The van der Waals surface area contributed by atoms with E-state index >= 15 is 0 Å². The average molecular weight is 315 g/mol. The maximum atomic E-state index is 12.2. The van der Waals surface area contributed by atoms with Gasteiger partial charge in [-0.05, 0) is 32.1 Å². The number of nitrogens with one attached hydrogen (secondary N) is 2. The van der Waals surface area contributed by atoms with Crippen LogP contribution in [0.1, 0.15) is 10.7 Å². The van der Waals surface area contributed by atoms with Crippen LogP contribution in [-0.4, -0.2) is 36.8 Å². The van der Waals surface area contributed by atoms with E-state index in [1.54, 1.807) is 17.7 Å². The van der Waals surface area contributed by atoms with Crippen LogP contribution in [0.4, 0.5) is 0 Å². The molecule has 0 aliphatic carbocycles. The Morgan fingerprint density at radius 3 is 2.85 bits per heavy atom. The predicted molar refractivity (Wildman–Crippen MR) is 77.0 cm³/mol. The number of aryl methyl sites for hydroxylation is 1. The van der Waals surface area contributed by atoms with Crippen LogP contribution in [0.25, 0.3) is 0 Å². The minimum Gasteiger partial charge on any atom is -0.320 e. The molecule has 0 aromatic carbocycles. The maximum absolute atomic E-state index is 12.2. The Morgan fingerprint density at radius 2 is 2.20 bits per heavy atom. The van der Waals surface area contributed by atoms with E-state index in [9.17, 15) is 8.42 Å². The van der Waals surface area contributed by atoms with Crippen molar-refractivity contribution in [1.29, 1.82) is 0 Å². The van der Waals surface area contributed by atoms with Crippen molar-refractivity contribution in [2.24, 2.45) is 7.05 Å². The van der Waals surface area contributed by atoms with Crippen LogP contribution in [-0.2, 0) is 30.0 Å². The van der Waals surface area contributed by atoms with E-state index in [1.807, 2.05) is 13.1 Å². The summed E-state index contributed by atoms with van der Waals surface area (Å²) < 4.78 is 28.8. The number of aromatic nitrogens is 3. The molecule has 2 rings (SSSR count). The lowest BCUT2D eigenvalue weighted by Crippen LogP contribution is -2.24. The standard InChI is InChI=1S/C11H17N5O2S2/c1-12-6-5-9-3-4-11(19-9)20(17,18)14-7-10-15-13-8-16(10)2/h3-4,8,12,14H,5-7H2,1-2H3. The largest absolute Gasteiger partial charge is 0.320 e. The Bertz CT molecular complexity index is 662. The van der Waals surface area contributed by atoms with Gasteiger partial charge in [0.05, 0.1) is 6.54 Å². The van der Waals surface area contributed by atoms with Gasteiger partial charge in [-0.1, -0.05) is 0 Å². The summed E-state index contributed by atoms with van der Waals surface area (Å²) in [5.74, 6) is 0.570. The van der Waals surface area contributed by atoms with Crippen LogP contribution in [0.3, 0.4) is 0 Å². The summed E-state index contributed by atoms with van der Waals surface area (Å²) in [6.45, 7) is 0.953. The Kier molecular flexibility index (Phi) is 4.86. The second kappa shape index (κ2) is 6.44. The van der Waals surface area contributed by atoms with E-state index in [2.05, 4.69) is 20.2 Å². The van der Waals surface area contributed by atoms with Crippen molar-refractivity contribution < 1.29 is 8.42 Å². The van der Waals surface area contributed by atoms with Crippen LogP contribution in [0, 0.1) is 0 Å². The van der Waals surface area contributed by atoms with Crippen LogP contribution >= 0.6 is 11.3 Å². The molecular weight excluding hydrogens is 298 g/mol. The highest BCUT2D eigenvalue weighted by atomic mass is 32.2. The summed E-state index contributed by atoms with van der Waals surface area (Å²) in [7, 11) is 0.147. The molecule has 2 N–H and O–H groups in total. The van der Waals surface area contributed by atoms with Crippen molar-refractivity contribution in [1.82, 2.24) is 24.8 Å². The lowest BCUT2D eigenvalue weighted by atomic mass is 10.3. The molecule has 0 saturated heterocycles. The number of hydrogen-bond donors (Lipinski definition) is 2. The number of sulfonamides is 1. The molecule has 110 valence electrons. The molecule has 2 aromatic rings. The van der Waals surface area contributed by atoms with Gasteiger partial charge >= 0.3 is 0 Å². The number of likely N-dealkylation sites (N-methyl/N-ethyl adjacent to an activating group) is 1. The first kappa shape index (κ1) is 15.1. The van der Waals surface area contributed by atoms with Gasteiger partial charge in [-0.3, -0.25) is 0 Å². The molecule has 0 atom stereocenters. The van der Waals surface area contributed by atoms with Gasteiger partial charge in [0.2, 0.25) is 10.0 Å². The van der Waals surface area contributed by atoms with Crippen molar-refractivity contribution in [2.45, 2.75) is 17.2 Å². The summed E-state index contributed by atoms with van der Waals surface area (Å²) in [4.78, 5) is 1.04. The normalized spacial score (nSPS) is 11.9. The third kappa shape index (κ3) is 3.63. The lowest BCUT2D eigenvalue weighted by molar-refractivity contribution is 0.579. The monoisotopic (exact) mass is 315 g/mol. The lowest BCUT2D eigenvalue weighted by Gasteiger charge is -2.04.